The third kappa shape index (κ3) is 7.17. The Hall–Kier alpha value is -1.51. The highest BCUT2D eigenvalue weighted by Gasteiger charge is 2.02. The van der Waals surface area contributed by atoms with E-state index >= 15 is 0 Å². The number of ether oxygens (including phenoxy) is 1. The summed E-state index contributed by atoms with van der Waals surface area (Å²) in [6.07, 6.45) is 6.11. The fraction of sp³-hybridized carbons (Fsp3) is 0.588. The monoisotopic (exact) mass is 277 g/mol. The number of carbonyl (C=O) groups excluding carboxylic acids is 1. The Morgan fingerprint density at radius 2 is 1.85 bits per heavy atom. The first-order valence-electron chi connectivity index (χ1n) is 7.74. The molecule has 20 heavy (non-hydrogen) atoms. The van der Waals surface area contributed by atoms with Crippen LogP contribution in [-0.2, 0) is 11.2 Å². The maximum atomic E-state index is 11.7. The number of carbonyl (C=O) groups is 1. The fourth-order valence-electron chi connectivity index (χ4n) is 2.04. The second-order valence-corrected chi connectivity index (χ2v) is 4.99. The minimum Gasteiger partial charge on any atom is -0.494 e. The van der Waals surface area contributed by atoms with E-state index in [0.717, 1.165) is 25.1 Å². The van der Waals surface area contributed by atoms with Crippen LogP contribution in [0, 0.1) is 0 Å². The van der Waals surface area contributed by atoms with Crippen LogP contribution in [0.15, 0.2) is 24.3 Å². The predicted octanol–water partition coefficient (Wildman–Crippen LogP) is 3.71. The van der Waals surface area contributed by atoms with Crippen molar-refractivity contribution in [1.82, 2.24) is 5.32 Å². The Morgan fingerprint density at radius 3 is 2.50 bits per heavy atom. The van der Waals surface area contributed by atoms with Crippen molar-refractivity contribution >= 4 is 5.91 Å². The van der Waals surface area contributed by atoms with E-state index in [1.807, 2.05) is 31.2 Å². The second kappa shape index (κ2) is 10.3. The van der Waals surface area contributed by atoms with E-state index in [0.29, 0.717) is 13.0 Å². The second-order valence-electron chi connectivity index (χ2n) is 4.99. The number of rotatable bonds is 10. The van der Waals surface area contributed by atoms with Crippen molar-refractivity contribution in [2.24, 2.45) is 0 Å². The van der Waals surface area contributed by atoms with Gasteiger partial charge < -0.3 is 10.1 Å². The summed E-state index contributed by atoms with van der Waals surface area (Å²) in [4.78, 5) is 11.7. The first-order chi connectivity index (χ1) is 9.76. The molecule has 0 aliphatic heterocycles. The zero-order valence-corrected chi connectivity index (χ0v) is 12.8. The lowest BCUT2D eigenvalue weighted by Crippen LogP contribution is -2.24. The summed E-state index contributed by atoms with van der Waals surface area (Å²) < 4.78 is 5.39. The summed E-state index contributed by atoms with van der Waals surface area (Å²) in [7, 11) is 0. The SMILES string of the molecule is CCCCCCNC(=O)CCc1ccc(OCC)cc1. The van der Waals surface area contributed by atoms with Crippen LogP contribution in [0.1, 0.15) is 51.5 Å². The van der Waals surface area contributed by atoms with E-state index in [4.69, 9.17) is 4.74 Å². The number of benzene rings is 1. The number of nitrogens with one attached hydrogen (secondary N) is 1. The van der Waals surface area contributed by atoms with Crippen molar-refractivity contribution < 1.29 is 9.53 Å². The summed E-state index contributed by atoms with van der Waals surface area (Å²) in [5.41, 5.74) is 1.18. The van der Waals surface area contributed by atoms with Gasteiger partial charge in [-0.2, -0.15) is 0 Å². The van der Waals surface area contributed by atoms with E-state index in [1.165, 1.54) is 24.8 Å². The molecule has 112 valence electrons. The molecule has 0 aliphatic carbocycles. The van der Waals surface area contributed by atoms with E-state index in [-0.39, 0.29) is 5.91 Å². The van der Waals surface area contributed by atoms with Crippen LogP contribution in [0.25, 0.3) is 0 Å². The molecule has 0 unspecified atom stereocenters. The molecule has 0 atom stereocenters. The number of aryl methyl sites for hydroxylation is 1. The van der Waals surface area contributed by atoms with Gasteiger partial charge in [-0.25, -0.2) is 0 Å². The molecule has 0 saturated heterocycles. The molecular weight excluding hydrogens is 250 g/mol. The van der Waals surface area contributed by atoms with E-state index in [1.54, 1.807) is 0 Å². The molecule has 0 aromatic heterocycles. The van der Waals surface area contributed by atoms with Crippen LogP contribution in [-0.4, -0.2) is 19.1 Å². The largest absolute Gasteiger partial charge is 0.494 e. The van der Waals surface area contributed by atoms with E-state index in [9.17, 15) is 4.79 Å². The molecular formula is C17H27NO2. The van der Waals surface area contributed by atoms with E-state index < -0.39 is 0 Å². The summed E-state index contributed by atoms with van der Waals surface area (Å²) in [5.74, 6) is 1.03. The van der Waals surface area contributed by atoms with Crippen LogP contribution in [0.5, 0.6) is 5.75 Å². The van der Waals surface area contributed by atoms with Crippen molar-refractivity contribution in [1.29, 1.82) is 0 Å². The molecule has 3 heteroatoms. The van der Waals surface area contributed by atoms with Crippen LogP contribution in [0.4, 0.5) is 0 Å². The predicted molar refractivity (Wildman–Crippen MR) is 83.1 cm³/mol. The Labute approximate surface area is 122 Å². The Kier molecular flexibility index (Phi) is 8.52. The molecule has 0 heterocycles. The molecule has 0 saturated carbocycles. The van der Waals surface area contributed by atoms with Crippen molar-refractivity contribution in [3.63, 3.8) is 0 Å². The number of amides is 1. The average Bonchev–Trinajstić information content (AvgIpc) is 2.47. The van der Waals surface area contributed by atoms with Gasteiger partial charge in [-0.15, -0.1) is 0 Å². The summed E-state index contributed by atoms with van der Waals surface area (Å²) in [6, 6.07) is 7.97. The normalized spacial score (nSPS) is 10.3. The van der Waals surface area contributed by atoms with Gasteiger partial charge >= 0.3 is 0 Å². The van der Waals surface area contributed by atoms with Gasteiger partial charge in [0.15, 0.2) is 0 Å². The van der Waals surface area contributed by atoms with Crippen LogP contribution in [0.2, 0.25) is 0 Å². The van der Waals surface area contributed by atoms with Crippen LogP contribution < -0.4 is 10.1 Å². The maximum absolute atomic E-state index is 11.7. The Bertz CT molecular complexity index is 373. The van der Waals surface area contributed by atoms with Gasteiger partial charge in [0.25, 0.3) is 0 Å². The third-order valence-electron chi connectivity index (χ3n) is 3.23. The van der Waals surface area contributed by atoms with Crippen molar-refractivity contribution in [3.05, 3.63) is 29.8 Å². The molecule has 0 aliphatic rings. The van der Waals surface area contributed by atoms with Gasteiger partial charge in [-0.1, -0.05) is 38.3 Å². The topological polar surface area (TPSA) is 38.3 Å². The van der Waals surface area contributed by atoms with Crippen LogP contribution >= 0.6 is 0 Å². The lowest BCUT2D eigenvalue weighted by Gasteiger charge is -2.06. The number of unbranched alkanes of at least 4 members (excludes halogenated alkanes) is 3. The fourth-order valence-corrected chi connectivity index (χ4v) is 2.04. The van der Waals surface area contributed by atoms with Crippen molar-refractivity contribution in [2.45, 2.75) is 52.4 Å². The molecule has 1 rings (SSSR count). The molecule has 1 amide bonds. The number of hydrogen-bond donors (Lipinski definition) is 1. The summed E-state index contributed by atoms with van der Waals surface area (Å²) >= 11 is 0. The van der Waals surface area contributed by atoms with Gasteiger partial charge in [0.2, 0.25) is 5.91 Å². The molecule has 3 nitrogen and oxygen atoms in total. The smallest absolute Gasteiger partial charge is 0.220 e. The first-order valence-corrected chi connectivity index (χ1v) is 7.74. The molecule has 0 radical (unpaired) electrons. The third-order valence-corrected chi connectivity index (χ3v) is 3.23. The molecule has 1 aromatic rings. The van der Waals surface area contributed by atoms with Gasteiger partial charge in [0.1, 0.15) is 5.75 Å². The standard InChI is InChI=1S/C17H27NO2/c1-3-5-6-7-14-18-17(19)13-10-15-8-11-16(12-9-15)20-4-2/h8-9,11-12H,3-7,10,13-14H2,1-2H3,(H,18,19). The maximum Gasteiger partial charge on any atom is 0.220 e. The zero-order valence-electron chi connectivity index (χ0n) is 12.8. The minimum atomic E-state index is 0.149. The Morgan fingerprint density at radius 1 is 1.10 bits per heavy atom. The Balaban J connectivity index is 2.16. The van der Waals surface area contributed by atoms with E-state index in [2.05, 4.69) is 12.2 Å². The molecule has 0 bridgehead atoms. The van der Waals surface area contributed by atoms with Gasteiger partial charge in [-0.05, 0) is 37.5 Å². The molecule has 1 aromatic carbocycles. The van der Waals surface area contributed by atoms with Gasteiger partial charge in [0.05, 0.1) is 6.61 Å². The van der Waals surface area contributed by atoms with Crippen molar-refractivity contribution in [3.8, 4) is 5.75 Å². The number of hydrogen-bond acceptors (Lipinski definition) is 2. The van der Waals surface area contributed by atoms with Crippen molar-refractivity contribution in [2.75, 3.05) is 13.2 Å². The first kappa shape index (κ1) is 16.5. The zero-order chi connectivity index (χ0) is 14.6. The molecule has 0 spiro atoms. The quantitative estimate of drug-likeness (QED) is 0.662. The lowest BCUT2D eigenvalue weighted by atomic mass is 10.1. The van der Waals surface area contributed by atoms with Gasteiger partial charge in [0, 0.05) is 13.0 Å². The highest BCUT2D eigenvalue weighted by molar-refractivity contribution is 5.76. The average molecular weight is 277 g/mol. The minimum absolute atomic E-state index is 0.149. The summed E-state index contributed by atoms with van der Waals surface area (Å²) in [6.45, 7) is 5.65. The van der Waals surface area contributed by atoms with Crippen LogP contribution in [0.3, 0.4) is 0 Å². The molecule has 1 N–H and O–H groups in total. The molecule has 0 fully saturated rings. The summed E-state index contributed by atoms with van der Waals surface area (Å²) in [5, 5.41) is 2.98. The highest BCUT2D eigenvalue weighted by Crippen LogP contribution is 2.13. The lowest BCUT2D eigenvalue weighted by molar-refractivity contribution is -0.121. The van der Waals surface area contributed by atoms with Gasteiger partial charge in [-0.3, -0.25) is 4.79 Å². The highest BCUT2D eigenvalue weighted by atomic mass is 16.5.